The van der Waals surface area contributed by atoms with Gasteiger partial charge in [0, 0.05) is 35.3 Å². The predicted octanol–water partition coefficient (Wildman–Crippen LogP) is 4.95. The van der Waals surface area contributed by atoms with Crippen molar-refractivity contribution in [2.45, 2.75) is 13.0 Å². The molecule has 4 rings (SSSR count). The number of pyridine rings is 1. The predicted molar refractivity (Wildman–Crippen MR) is 125 cm³/mol. The zero-order chi connectivity index (χ0) is 22.5. The number of halogens is 2. The van der Waals surface area contributed by atoms with E-state index in [0.717, 1.165) is 24.5 Å². The smallest absolute Gasteiger partial charge is 0.259 e. The number of carbonyl (C=O) groups is 2. The third kappa shape index (κ3) is 5.54. The Morgan fingerprint density at radius 2 is 2.00 bits per heavy atom. The number of aromatic hydroxyl groups is 1. The molecule has 1 aromatic carbocycles. The summed E-state index contributed by atoms with van der Waals surface area (Å²) in [4.78, 5) is 28.5. The van der Waals surface area contributed by atoms with Crippen LogP contribution in [0.2, 0.25) is 10.0 Å². The van der Waals surface area contributed by atoms with E-state index >= 15 is 0 Å². The molecule has 0 atom stereocenters. The van der Waals surface area contributed by atoms with E-state index in [1.807, 2.05) is 6.79 Å². The highest BCUT2D eigenvalue weighted by atomic mass is 35.5. The van der Waals surface area contributed by atoms with Crippen molar-refractivity contribution in [2.75, 3.05) is 24.2 Å². The number of carbonyl (C=O) groups excluding carboxylic acids is 2. The van der Waals surface area contributed by atoms with Gasteiger partial charge < -0.3 is 25.4 Å². The highest BCUT2D eigenvalue weighted by molar-refractivity contribution is 7.16. The summed E-state index contributed by atoms with van der Waals surface area (Å²) in [6, 6.07) is 8.22. The average Bonchev–Trinajstić information content (AvgIpc) is 3.14. The largest absolute Gasteiger partial charge is 0.506 e. The molecule has 0 fully saturated rings. The highest BCUT2D eigenvalue weighted by Gasteiger charge is 2.21. The zero-order valence-corrected chi connectivity index (χ0v) is 18.9. The van der Waals surface area contributed by atoms with Crippen molar-refractivity contribution in [1.82, 2.24) is 9.88 Å². The third-order valence-electron chi connectivity index (χ3n) is 4.62. The Kier molecular flexibility index (Phi) is 7.50. The maximum absolute atomic E-state index is 12.9. The number of hydrogen-bond acceptors (Lipinski definition) is 7. The van der Waals surface area contributed by atoms with Crippen LogP contribution in [0.1, 0.15) is 20.8 Å². The van der Waals surface area contributed by atoms with Gasteiger partial charge in [-0.1, -0.05) is 23.2 Å². The van der Waals surface area contributed by atoms with E-state index in [0.29, 0.717) is 16.5 Å². The number of phenolic OH excluding ortho intramolecular Hbond substituents is 1. The van der Waals surface area contributed by atoms with Crippen molar-refractivity contribution < 1.29 is 14.7 Å². The molecule has 3 aromatic rings. The Bertz CT molecular complexity index is 1090. The molecule has 0 bridgehead atoms. The molecular weight excluding hydrogens is 459 g/mol. The van der Waals surface area contributed by atoms with Gasteiger partial charge in [-0.05, 0) is 43.3 Å². The van der Waals surface area contributed by atoms with Gasteiger partial charge in [-0.25, -0.2) is 4.98 Å². The molecule has 3 heterocycles. The Balaban J connectivity index is 0.00000132. The lowest BCUT2D eigenvalue weighted by Gasteiger charge is -2.21. The SMILES string of the molecule is C=O.CN1CCc2cc(Nc3c(O)cc(Cl)cc3C(=O)Nc3ccc(Cl)cn3)sc2C1. The van der Waals surface area contributed by atoms with Gasteiger partial charge in [0.05, 0.1) is 21.3 Å². The van der Waals surface area contributed by atoms with Crippen LogP contribution < -0.4 is 10.6 Å². The minimum Gasteiger partial charge on any atom is -0.506 e. The summed E-state index contributed by atoms with van der Waals surface area (Å²) in [6.07, 6.45) is 2.42. The van der Waals surface area contributed by atoms with Gasteiger partial charge in [-0.3, -0.25) is 4.79 Å². The third-order valence-corrected chi connectivity index (χ3v) is 6.14. The quantitative estimate of drug-likeness (QED) is 0.459. The van der Waals surface area contributed by atoms with E-state index in [9.17, 15) is 9.90 Å². The number of rotatable bonds is 4. The lowest BCUT2D eigenvalue weighted by atomic mass is 10.1. The number of anilines is 3. The van der Waals surface area contributed by atoms with Crippen molar-refractivity contribution in [1.29, 1.82) is 0 Å². The van der Waals surface area contributed by atoms with Crippen LogP contribution in [0, 0.1) is 0 Å². The monoisotopic (exact) mass is 478 g/mol. The summed E-state index contributed by atoms with van der Waals surface area (Å²) in [6.45, 7) is 3.90. The van der Waals surface area contributed by atoms with Crippen molar-refractivity contribution in [3.63, 3.8) is 0 Å². The first-order valence-electron chi connectivity index (χ1n) is 9.20. The van der Waals surface area contributed by atoms with Gasteiger partial charge in [0.2, 0.25) is 0 Å². The molecule has 0 aliphatic carbocycles. The van der Waals surface area contributed by atoms with Gasteiger partial charge in [0.15, 0.2) is 0 Å². The Hall–Kier alpha value is -2.65. The Labute approximate surface area is 193 Å². The van der Waals surface area contributed by atoms with E-state index < -0.39 is 5.91 Å². The lowest BCUT2D eigenvalue weighted by Crippen LogP contribution is -2.24. The fourth-order valence-corrected chi connectivity index (χ4v) is 4.69. The first-order chi connectivity index (χ1) is 14.9. The second kappa shape index (κ2) is 10.1. The number of benzene rings is 1. The van der Waals surface area contributed by atoms with Crippen molar-refractivity contribution in [3.8, 4) is 5.75 Å². The van der Waals surface area contributed by atoms with Crippen molar-refractivity contribution >= 4 is 63.7 Å². The van der Waals surface area contributed by atoms with Crippen LogP contribution in [0.15, 0.2) is 36.5 Å². The average molecular weight is 479 g/mol. The molecule has 3 N–H and O–H groups in total. The number of nitrogens with zero attached hydrogens (tertiary/aromatic N) is 2. The van der Waals surface area contributed by atoms with E-state index in [-0.39, 0.29) is 16.3 Å². The summed E-state index contributed by atoms with van der Waals surface area (Å²) < 4.78 is 0. The lowest BCUT2D eigenvalue weighted by molar-refractivity contribution is -0.0980. The van der Waals surface area contributed by atoms with Crippen LogP contribution in [-0.4, -0.2) is 41.3 Å². The molecular formula is C21H20Cl2N4O3S. The molecule has 1 amide bonds. The van der Waals surface area contributed by atoms with Crippen LogP contribution >= 0.6 is 34.5 Å². The molecule has 0 spiro atoms. The Morgan fingerprint density at radius 1 is 1.23 bits per heavy atom. The van der Waals surface area contributed by atoms with Crippen LogP contribution in [0.3, 0.4) is 0 Å². The van der Waals surface area contributed by atoms with Crippen LogP contribution in [0.25, 0.3) is 0 Å². The van der Waals surface area contributed by atoms with Gasteiger partial charge in [-0.2, -0.15) is 0 Å². The van der Waals surface area contributed by atoms with Crippen molar-refractivity contribution in [3.05, 3.63) is 62.6 Å². The topological polar surface area (TPSA) is 94.6 Å². The molecule has 31 heavy (non-hydrogen) atoms. The van der Waals surface area contributed by atoms with Gasteiger partial charge in [0.25, 0.3) is 5.91 Å². The van der Waals surface area contributed by atoms with Crippen LogP contribution in [0.5, 0.6) is 5.75 Å². The molecule has 162 valence electrons. The number of nitrogens with one attached hydrogen (secondary N) is 2. The maximum atomic E-state index is 12.9. The van der Waals surface area contributed by atoms with Crippen LogP contribution in [-0.2, 0) is 17.8 Å². The minimum atomic E-state index is -0.443. The first-order valence-corrected chi connectivity index (χ1v) is 10.8. The maximum Gasteiger partial charge on any atom is 0.259 e. The van der Waals surface area contributed by atoms with Gasteiger partial charge in [0.1, 0.15) is 18.4 Å². The van der Waals surface area contributed by atoms with Crippen LogP contribution in [0.4, 0.5) is 16.5 Å². The van der Waals surface area contributed by atoms with E-state index in [1.54, 1.807) is 23.5 Å². The molecule has 0 saturated heterocycles. The van der Waals surface area contributed by atoms with Crippen molar-refractivity contribution in [2.24, 2.45) is 0 Å². The molecule has 2 aromatic heterocycles. The number of fused-ring (bicyclic) bond motifs is 1. The number of phenols is 1. The normalized spacial score (nSPS) is 13.0. The summed E-state index contributed by atoms with van der Waals surface area (Å²) >= 11 is 13.5. The van der Waals surface area contributed by atoms with Gasteiger partial charge >= 0.3 is 0 Å². The molecule has 1 aliphatic heterocycles. The number of likely N-dealkylation sites (N-methyl/N-ethyl adjacent to an activating group) is 1. The first kappa shape index (κ1) is 23.0. The number of amides is 1. The molecule has 0 unspecified atom stereocenters. The summed E-state index contributed by atoms with van der Waals surface area (Å²) in [5, 5.41) is 18.0. The number of thiophene rings is 1. The fraction of sp³-hybridized carbons (Fsp3) is 0.190. The standard InChI is InChI=1S/C20H18Cl2N4O2S.CH2O/c1-26-5-4-11-6-18(29-16(11)10-26)25-19-14(7-13(22)8-15(19)27)20(28)24-17-3-2-12(21)9-23-17;1-2/h2-3,6-9,25,27H,4-5,10H2,1H3,(H,23,24,28);1H2. The summed E-state index contributed by atoms with van der Waals surface area (Å²) in [7, 11) is 2.09. The van der Waals surface area contributed by atoms with E-state index in [2.05, 4.69) is 33.6 Å². The second-order valence-electron chi connectivity index (χ2n) is 6.84. The molecule has 10 heteroatoms. The zero-order valence-electron chi connectivity index (χ0n) is 16.6. The molecule has 7 nitrogen and oxygen atoms in total. The Morgan fingerprint density at radius 3 is 2.71 bits per heavy atom. The van der Waals surface area contributed by atoms with E-state index in [4.69, 9.17) is 28.0 Å². The molecule has 1 aliphatic rings. The number of hydrogen-bond donors (Lipinski definition) is 3. The molecule has 0 saturated carbocycles. The number of aromatic nitrogens is 1. The van der Waals surface area contributed by atoms with Gasteiger partial charge in [-0.15, -0.1) is 11.3 Å². The van der Waals surface area contributed by atoms with E-state index in [1.165, 1.54) is 28.8 Å². The summed E-state index contributed by atoms with van der Waals surface area (Å²) in [5.41, 5.74) is 1.81. The minimum absolute atomic E-state index is 0.102. The highest BCUT2D eigenvalue weighted by Crippen LogP contribution is 2.38. The fourth-order valence-electron chi connectivity index (χ4n) is 3.17. The molecule has 0 radical (unpaired) electrons. The second-order valence-corrected chi connectivity index (χ2v) is 8.84. The summed E-state index contributed by atoms with van der Waals surface area (Å²) in [5.74, 6) is -0.198.